The van der Waals surface area contributed by atoms with Gasteiger partial charge in [0.1, 0.15) is 0 Å². The molecule has 0 aromatic rings. The Balaban J connectivity index is 1.92. The molecule has 2 N–H and O–H groups in total. The number of carbonyl (C=O) groups excluding carboxylic acids is 1. The quantitative estimate of drug-likeness (QED) is 0.832. The molecule has 2 heterocycles. The minimum absolute atomic E-state index is 0.0291. The number of amides is 2. The Morgan fingerprint density at radius 3 is 2.33 bits per heavy atom. The van der Waals surface area contributed by atoms with Gasteiger partial charge in [-0.2, -0.15) is 0 Å². The summed E-state index contributed by atoms with van der Waals surface area (Å²) in [6.45, 7) is 6.10. The molecule has 0 radical (unpaired) electrons. The first kappa shape index (κ1) is 16.6. The third kappa shape index (κ3) is 4.10. The van der Waals surface area contributed by atoms with Crippen LogP contribution in [0.5, 0.6) is 0 Å². The van der Waals surface area contributed by atoms with Gasteiger partial charge < -0.3 is 20.2 Å². The maximum atomic E-state index is 12.5. The fraction of sp³-hybridized carbons (Fsp3) is 0.938. The van der Waals surface area contributed by atoms with E-state index in [1.54, 1.807) is 11.8 Å². The normalized spacial score (nSPS) is 31.0. The number of rotatable bonds is 4. The first-order valence-corrected chi connectivity index (χ1v) is 8.35. The molecule has 2 bridgehead atoms. The molecule has 0 spiro atoms. The van der Waals surface area contributed by atoms with Crippen molar-refractivity contribution in [1.82, 2.24) is 15.1 Å². The number of carbonyl (C=O) groups is 1. The van der Waals surface area contributed by atoms with E-state index in [0.29, 0.717) is 18.6 Å². The summed E-state index contributed by atoms with van der Waals surface area (Å²) in [5.41, 5.74) is 0. The monoisotopic (exact) mass is 297 g/mol. The van der Waals surface area contributed by atoms with Crippen LogP contribution in [0.2, 0.25) is 0 Å². The van der Waals surface area contributed by atoms with Crippen LogP contribution in [0.15, 0.2) is 0 Å². The van der Waals surface area contributed by atoms with Crippen molar-refractivity contribution in [3.63, 3.8) is 0 Å². The average Bonchev–Trinajstić information content (AvgIpc) is 2.36. The van der Waals surface area contributed by atoms with E-state index in [4.69, 9.17) is 0 Å². The van der Waals surface area contributed by atoms with Gasteiger partial charge in [0.15, 0.2) is 0 Å². The first-order chi connectivity index (χ1) is 9.88. The minimum atomic E-state index is -0.491. The van der Waals surface area contributed by atoms with Gasteiger partial charge in [0.25, 0.3) is 0 Å². The fourth-order valence-electron chi connectivity index (χ4n) is 3.80. The van der Waals surface area contributed by atoms with E-state index in [-0.39, 0.29) is 18.1 Å². The summed E-state index contributed by atoms with van der Waals surface area (Å²) < 4.78 is 0. The van der Waals surface area contributed by atoms with Gasteiger partial charge in [-0.1, -0.05) is 6.42 Å². The van der Waals surface area contributed by atoms with Crippen LogP contribution in [0.4, 0.5) is 4.79 Å². The highest BCUT2D eigenvalue weighted by atomic mass is 16.3. The van der Waals surface area contributed by atoms with E-state index >= 15 is 0 Å². The number of hydrogen-bond acceptors (Lipinski definition) is 3. The lowest BCUT2D eigenvalue weighted by Gasteiger charge is -2.47. The summed E-state index contributed by atoms with van der Waals surface area (Å²) in [5, 5.41) is 12.8. The van der Waals surface area contributed by atoms with Crippen molar-refractivity contribution in [2.24, 2.45) is 0 Å². The largest absolute Gasteiger partial charge is 0.392 e. The third-order valence-corrected chi connectivity index (χ3v) is 5.01. The van der Waals surface area contributed by atoms with Crippen molar-refractivity contribution in [1.29, 1.82) is 0 Å². The van der Waals surface area contributed by atoms with Crippen molar-refractivity contribution in [3.05, 3.63) is 0 Å². The predicted octanol–water partition coefficient (Wildman–Crippen LogP) is 1.80. The molecule has 3 atom stereocenters. The minimum Gasteiger partial charge on any atom is -0.392 e. The molecule has 2 aliphatic heterocycles. The highest BCUT2D eigenvalue weighted by Gasteiger charge is 2.37. The van der Waals surface area contributed by atoms with E-state index in [2.05, 4.69) is 17.3 Å². The second kappa shape index (κ2) is 6.97. The topological polar surface area (TPSA) is 55.8 Å². The highest BCUT2D eigenvalue weighted by Crippen LogP contribution is 2.32. The molecule has 122 valence electrons. The number of aliphatic hydroxyl groups excluding tert-OH is 1. The summed E-state index contributed by atoms with van der Waals surface area (Å²) in [4.78, 5) is 16.7. The van der Waals surface area contributed by atoms with Crippen LogP contribution >= 0.6 is 0 Å². The lowest BCUT2D eigenvalue weighted by molar-refractivity contribution is 0.0477. The van der Waals surface area contributed by atoms with E-state index in [0.717, 1.165) is 12.8 Å². The Labute approximate surface area is 128 Å². The second-order valence-electron chi connectivity index (χ2n) is 7.12. The number of nitrogens with zero attached hydrogens (tertiary/aromatic N) is 2. The zero-order chi connectivity index (χ0) is 15.6. The van der Waals surface area contributed by atoms with Crippen molar-refractivity contribution in [2.75, 3.05) is 13.6 Å². The van der Waals surface area contributed by atoms with Crippen LogP contribution in [-0.2, 0) is 0 Å². The number of aliphatic hydroxyl groups is 1. The molecule has 0 saturated carbocycles. The molecule has 3 unspecified atom stereocenters. The van der Waals surface area contributed by atoms with Crippen LogP contribution in [0, 0.1) is 0 Å². The molecule has 2 saturated heterocycles. The van der Waals surface area contributed by atoms with Crippen LogP contribution in [0.3, 0.4) is 0 Å². The van der Waals surface area contributed by atoms with Gasteiger partial charge in [-0.15, -0.1) is 0 Å². The zero-order valence-electron chi connectivity index (χ0n) is 13.9. The molecule has 2 amide bonds. The van der Waals surface area contributed by atoms with Crippen molar-refractivity contribution in [2.45, 2.75) is 83.1 Å². The SMILES string of the molecule is CC(O)CN(C(=O)NC1CC2CCCC(C1)N2C)C(C)C. The molecule has 2 aliphatic rings. The fourth-order valence-corrected chi connectivity index (χ4v) is 3.80. The average molecular weight is 297 g/mol. The molecule has 5 nitrogen and oxygen atoms in total. The first-order valence-electron chi connectivity index (χ1n) is 8.35. The van der Waals surface area contributed by atoms with Crippen LogP contribution in [-0.4, -0.2) is 64.8 Å². The summed E-state index contributed by atoms with van der Waals surface area (Å²) in [7, 11) is 2.22. The van der Waals surface area contributed by atoms with Gasteiger partial charge in [-0.25, -0.2) is 4.79 Å². The van der Waals surface area contributed by atoms with E-state index in [1.807, 2.05) is 13.8 Å². The highest BCUT2D eigenvalue weighted by molar-refractivity contribution is 5.74. The Morgan fingerprint density at radius 1 is 1.29 bits per heavy atom. The molecular formula is C16H31N3O2. The van der Waals surface area contributed by atoms with Crippen molar-refractivity contribution < 1.29 is 9.90 Å². The summed E-state index contributed by atoms with van der Waals surface area (Å²) in [6.07, 6.45) is 5.44. The Bertz CT molecular complexity index is 345. The third-order valence-electron chi connectivity index (χ3n) is 5.01. The van der Waals surface area contributed by atoms with Gasteiger partial charge in [0.05, 0.1) is 6.10 Å². The van der Waals surface area contributed by atoms with Crippen LogP contribution < -0.4 is 5.32 Å². The molecule has 2 rings (SSSR count). The number of nitrogens with one attached hydrogen (secondary N) is 1. The number of hydrogen-bond donors (Lipinski definition) is 2. The van der Waals surface area contributed by atoms with Crippen LogP contribution in [0.1, 0.15) is 52.9 Å². The van der Waals surface area contributed by atoms with Gasteiger partial charge in [-0.3, -0.25) is 0 Å². The van der Waals surface area contributed by atoms with Gasteiger partial charge in [-0.05, 0) is 53.5 Å². The smallest absolute Gasteiger partial charge is 0.317 e. The van der Waals surface area contributed by atoms with Crippen LogP contribution in [0.25, 0.3) is 0 Å². The molecule has 5 heteroatoms. The van der Waals surface area contributed by atoms with E-state index < -0.39 is 6.10 Å². The Morgan fingerprint density at radius 2 is 1.86 bits per heavy atom. The molecule has 2 fully saturated rings. The van der Waals surface area contributed by atoms with Gasteiger partial charge in [0, 0.05) is 30.7 Å². The lowest BCUT2D eigenvalue weighted by atomic mass is 9.82. The number of piperidine rings is 2. The molecule has 0 aromatic carbocycles. The number of fused-ring (bicyclic) bond motifs is 2. The Hall–Kier alpha value is -0.810. The van der Waals surface area contributed by atoms with Crippen molar-refractivity contribution in [3.8, 4) is 0 Å². The van der Waals surface area contributed by atoms with Gasteiger partial charge >= 0.3 is 6.03 Å². The molecular weight excluding hydrogens is 266 g/mol. The standard InChI is InChI=1S/C16H31N3O2/c1-11(2)19(10-12(3)20)16(21)17-13-8-14-6-5-7-15(9-13)18(14)4/h11-15,20H,5-10H2,1-4H3,(H,17,21). The summed E-state index contributed by atoms with van der Waals surface area (Å²) in [5.74, 6) is 0. The van der Waals surface area contributed by atoms with E-state index in [9.17, 15) is 9.90 Å². The molecule has 0 aliphatic carbocycles. The van der Waals surface area contributed by atoms with Gasteiger partial charge in [0.2, 0.25) is 0 Å². The Kier molecular flexibility index (Phi) is 5.49. The predicted molar refractivity (Wildman–Crippen MR) is 84.3 cm³/mol. The van der Waals surface area contributed by atoms with Crippen molar-refractivity contribution >= 4 is 6.03 Å². The molecule has 0 aromatic heterocycles. The zero-order valence-corrected chi connectivity index (χ0v) is 13.9. The molecule has 21 heavy (non-hydrogen) atoms. The maximum Gasteiger partial charge on any atom is 0.317 e. The number of urea groups is 1. The second-order valence-corrected chi connectivity index (χ2v) is 7.12. The lowest BCUT2D eigenvalue weighted by Crippen LogP contribution is -2.57. The summed E-state index contributed by atoms with van der Waals surface area (Å²) >= 11 is 0. The maximum absolute atomic E-state index is 12.5. The summed E-state index contributed by atoms with van der Waals surface area (Å²) in [6, 6.07) is 1.59. The van der Waals surface area contributed by atoms with E-state index in [1.165, 1.54) is 19.3 Å².